The summed E-state index contributed by atoms with van der Waals surface area (Å²) in [6, 6.07) is 11.9. The Morgan fingerprint density at radius 2 is 1.96 bits per heavy atom. The average molecular weight is 355 g/mol. The second-order valence-corrected chi connectivity index (χ2v) is 7.33. The normalized spacial score (nSPS) is 14.2. The van der Waals surface area contributed by atoms with Crippen molar-refractivity contribution in [1.82, 2.24) is 4.98 Å². The molecule has 0 atom stereocenters. The lowest BCUT2D eigenvalue weighted by Gasteiger charge is -2.14. The van der Waals surface area contributed by atoms with Gasteiger partial charge in [0.1, 0.15) is 5.75 Å². The first-order valence-electron chi connectivity index (χ1n) is 9.05. The van der Waals surface area contributed by atoms with E-state index in [4.69, 9.17) is 21.3 Å². The quantitative estimate of drug-likeness (QED) is 0.414. The molecule has 1 heterocycles. The molecule has 1 N–H and O–H groups in total. The van der Waals surface area contributed by atoms with Crippen LogP contribution in [0, 0.1) is 5.92 Å². The highest BCUT2D eigenvalue weighted by molar-refractivity contribution is 6.31. The van der Waals surface area contributed by atoms with Gasteiger partial charge in [-0.25, -0.2) is 4.98 Å². The molecule has 4 rings (SSSR count). The predicted molar refractivity (Wildman–Crippen MR) is 106 cm³/mol. The van der Waals surface area contributed by atoms with E-state index in [0.717, 1.165) is 45.7 Å². The molecule has 3 nitrogen and oxygen atoms in total. The molecule has 0 aliphatic heterocycles. The van der Waals surface area contributed by atoms with Crippen molar-refractivity contribution < 1.29 is 4.74 Å². The zero-order chi connectivity index (χ0) is 17.2. The van der Waals surface area contributed by atoms with E-state index in [-0.39, 0.29) is 0 Å². The Labute approximate surface area is 153 Å². The number of benzene rings is 2. The summed E-state index contributed by atoms with van der Waals surface area (Å²) in [7, 11) is 1.69. The summed E-state index contributed by atoms with van der Waals surface area (Å²) in [6.45, 7) is 0.973. The molecule has 0 amide bonds. The van der Waals surface area contributed by atoms with Gasteiger partial charge in [0.2, 0.25) is 0 Å². The molecule has 1 aliphatic carbocycles. The number of aromatic nitrogens is 1. The SMILES string of the molecule is COc1ccc2nc3cc(Cl)ccc3c(NCCCCC3CC3)c2c1. The molecule has 0 radical (unpaired) electrons. The standard InChI is InChI=1S/C21H23ClN2O/c1-25-16-8-10-19-18(13-16)21(23-11-3-2-4-14-5-6-14)17-9-7-15(22)12-20(17)24-19/h7-10,12-14H,2-6,11H2,1H3,(H,23,24). The van der Waals surface area contributed by atoms with Gasteiger partial charge in [-0.2, -0.15) is 0 Å². The van der Waals surface area contributed by atoms with Crippen LogP contribution in [0.15, 0.2) is 36.4 Å². The number of fused-ring (bicyclic) bond motifs is 2. The van der Waals surface area contributed by atoms with Gasteiger partial charge in [-0.05, 0) is 48.7 Å². The Morgan fingerprint density at radius 1 is 1.08 bits per heavy atom. The Hall–Kier alpha value is -2.00. The van der Waals surface area contributed by atoms with Gasteiger partial charge in [-0.1, -0.05) is 37.3 Å². The van der Waals surface area contributed by atoms with Crippen molar-refractivity contribution in [3.63, 3.8) is 0 Å². The maximum atomic E-state index is 6.17. The summed E-state index contributed by atoms with van der Waals surface area (Å²) in [5.41, 5.74) is 3.00. The maximum absolute atomic E-state index is 6.17. The van der Waals surface area contributed by atoms with Crippen LogP contribution in [-0.2, 0) is 0 Å². The van der Waals surface area contributed by atoms with Gasteiger partial charge in [-0.3, -0.25) is 0 Å². The van der Waals surface area contributed by atoms with Gasteiger partial charge in [0.05, 0.1) is 23.8 Å². The van der Waals surface area contributed by atoms with Crippen LogP contribution in [0.3, 0.4) is 0 Å². The number of methoxy groups -OCH3 is 1. The van der Waals surface area contributed by atoms with Crippen molar-refractivity contribution in [2.24, 2.45) is 5.92 Å². The number of anilines is 1. The molecular formula is C21H23ClN2O. The van der Waals surface area contributed by atoms with Gasteiger partial charge in [0.25, 0.3) is 0 Å². The van der Waals surface area contributed by atoms with Crippen molar-refractivity contribution in [3.05, 3.63) is 41.4 Å². The van der Waals surface area contributed by atoms with Gasteiger partial charge in [0.15, 0.2) is 0 Å². The smallest absolute Gasteiger partial charge is 0.119 e. The first-order chi connectivity index (χ1) is 12.2. The van der Waals surface area contributed by atoms with Crippen LogP contribution >= 0.6 is 11.6 Å². The van der Waals surface area contributed by atoms with E-state index >= 15 is 0 Å². The number of nitrogens with one attached hydrogen (secondary N) is 1. The Morgan fingerprint density at radius 3 is 2.76 bits per heavy atom. The Bertz CT molecular complexity index is 905. The number of halogens is 1. The number of rotatable bonds is 7. The number of hydrogen-bond acceptors (Lipinski definition) is 3. The van der Waals surface area contributed by atoms with Crippen molar-refractivity contribution in [2.45, 2.75) is 32.1 Å². The first-order valence-corrected chi connectivity index (χ1v) is 9.43. The minimum Gasteiger partial charge on any atom is -0.497 e. The highest BCUT2D eigenvalue weighted by atomic mass is 35.5. The highest BCUT2D eigenvalue weighted by Gasteiger charge is 2.20. The topological polar surface area (TPSA) is 34.1 Å². The monoisotopic (exact) mass is 354 g/mol. The highest BCUT2D eigenvalue weighted by Crippen LogP contribution is 2.35. The molecule has 2 aromatic carbocycles. The number of nitrogens with zero attached hydrogens (tertiary/aromatic N) is 1. The van der Waals surface area contributed by atoms with Crippen LogP contribution in [0.25, 0.3) is 21.8 Å². The van der Waals surface area contributed by atoms with E-state index < -0.39 is 0 Å². The minimum absolute atomic E-state index is 0.711. The third kappa shape index (κ3) is 3.67. The maximum Gasteiger partial charge on any atom is 0.119 e. The first kappa shape index (κ1) is 16.5. The van der Waals surface area contributed by atoms with Crippen LogP contribution in [0.1, 0.15) is 32.1 Å². The number of hydrogen-bond donors (Lipinski definition) is 1. The second kappa shape index (κ2) is 7.09. The fourth-order valence-corrected chi connectivity index (χ4v) is 3.56. The van der Waals surface area contributed by atoms with Gasteiger partial charge in [0, 0.05) is 22.3 Å². The zero-order valence-electron chi connectivity index (χ0n) is 14.5. The summed E-state index contributed by atoms with van der Waals surface area (Å²) in [5.74, 6) is 1.85. The van der Waals surface area contributed by atoms with Crippen LogP contribution < -0.4 is 10.1 Å². The molecule has 1 aliphatic rings. The minimum atomic E-state index is 0.711. The molecule has 0 spiro atoms. The Balaban J connectivity index is 1.67. The number of unbranched alkanes of at least 4 members (excludes halogenated alkanes) is 1. The molecule has 3 aromatic rings. The zero-order valence-corrected chi connectivity index (χ0v) is 15.3. The number of pyridine rings is 1. The predicted octanol–water partition coefficient (Wildman–Crippen LogP) is 6.04. The van der Waals surface area contributed by atoms with E-state index in [0.29, 0.717) is 5.02 Å². The van der Waals surface area contributed by atoms with Crippen LogP contribution in [0.5, 0.6) is 5.75 Å². The summed E-state index contributed by atoms with van der Waals surface area (Å²) in [6.07, 6.45) is 6.75. The van der Waals surface area contributed by atoms with Crippen molar-refractivity contribution in [2.75, 3.05) is 19.0 Å². The number of ether oxygens (including phenoxy) is 1. The van der Waals surface area contributed by atoms with E-state index in [1.54, 1.807) is 7.11 Å². The van der Waals surface area contributed by atoms with E-state index in [1.807, 2.05) is 24.3 Å². The summed E-state index contributed by atoms with van der Waals surface area (Å²) >= 11 is 6.17. The fraction of sp³-hybridized carbons (Fsp3) is 0.381. The molecule has 1 fully saturated rings. The fourth-order valence-electron chi connectivity index (χ4n) is 3.39. The molecule has 0 bridgehead atoms. The van der Waals surface area contributed by atoms with Gasteiger partial charge >= 0.3 is 0 Å². The molecule has 0 unspecified atom stereocenters. The Kier molecular flexibility index (Phi) is 4.67. The molecule has 130 valence electrons. The average Bonchev–Trinajstić information content (AvgIpc) is 3.44. The third-order valence-corrected chi connectivity index (χ3v) is 5.22. The summed E-state index contributed by atoms with van der Waals surface area (Å²) < 4.78 is 5.41. The molecule has 4 heteroatoms. The summed E-state index contributed by atoms with van der Waals surface area (Å²) in [4.78, 5) is 4.77. The van der Waals surface area contributed by atoms with Crippen molar-refractivity contribution in [1.29, 1.82) is 0 Å². The largest absolute Gasteiger partial charge is 0.497 e. The lowest BCUT2D eigenvalue weighted by molar-refractivity contribution is 0.415. The summed E-state index contributed by atoms with van der Waals surface area (Å²) in [5, 5.41) is 6.57. The van der Waals surface area contributed by atoms with Crippen molar-refractivity contribution >= 4 is 39.1 Å². The molecular weight excluding hydrogens is 332 g/mol. The molecule has 1 saturated carbocycles. The molecule has 1 aromatic heterocycles. The third-order valence-electron chi connectivity index (χ3n) is 4.98. The van der Waals surface area contributed by atoms with E-state index in [1.165, 1.54) is 32.1 Å². The lowest BCUT2D eigenvalue weighted by atomic mass is 10.1. The van der Waals surface area contributed by atoms with Gasteiger partial charge in [-0.15, -0.1) is 0 Å². The lowest BCUT2D eigenvalue weighted by Crippen LogP contribution is -2.04. The molecule has 25 heavy (non-hydrogen) atoms. The van der Waals surface area contributed by atoms with Crippen molar-refractivity contribution in [3.8, 4) is 5.75 Å². The van der Waals surface area contributed by atoms with E-state index in [9.17, 15) is 0 Å². The van der Waals surface area contributed by atoms with Gasteiger partial charge < -0.3 is 10.1 Å². The van der Waals surface area contributed by atoms with Crippen LogP contribution in [-0.4, -0.2) is 18.6 Å². The van der Waals surface area contributed by atoms with Crippen LogP contribution in [0.2, 0.25) is 5.02 Å². The van der Waals surface area contributed by atoms with Crippen LogP contribution in [0.4, 0.5) is 5.69 Å². The second-order valence-electron chi connectivity index (χ2n) is 6.90. The van der Waals surface area contributed by atoms with E-state index in [2.05, 4.69) is 17.4 Å². The molecule has 0 saturated heterocycles.